The van der Waals surface area contributed by atoms with Gasteiger partial charge in [-0.15, -0.1) is 0 Å². The van der Waals surface area contributed by atoms with Gasteiger partial charge in [-0.05, 0) is 6.92 Å². The van der Waals surface area contributed by atoms with E-state index >= 15 is 0 Å². The zero-order chi connectivity index (χ0) is 13.2. The van der Waals surface area contributed by atoms with Crippen molar-refractivity contribution in [3.8, 4) is 0 Å². The molecular weight excluding hydrogens is 299 g/mol. The summed E-state index contributed by atoms with van der Waals surface area (Å²) in [5.74, 6) is -1.22. The van der Waals surface area contributed by atoms with Crippen LogP contribution >= 0.6 is 15.9 Å². The molecule has 0 bridgehead atoms. The Morgan fingerprint density at radius 3 is 2.12 bits per heavy atom. The van der Waals surface area contributed by atoms with Crippen LogP contribution in [0.1, 0.15) is 20.8 Å². The van der Waals surface area contributed by atoms with Crippen molar-refractivity contribution in [1.29, 1.82) is 0 Å². The maximum atomic E-state index is 13.8. The summed E-state index contributed by atoms with van der Waals surface area (Å²) in [7, 11) is 0. The summed E-state index contributed by atoms with van der Waals surface area (Å²) in [4.78, 5) is 21.8. The third kappa shape index (κ3) is 3.64. The van der Waals surface area contributed by atoms with Crippen LogP contribution in [-0.2, 0) is 23.8 Å². The fourth-order valence-corrected chi connectivity index (χ4v) is 2.27. The van der Waals surface area contributed by atoms with E-state index in [4.69, 9.17) is 14.2 Å². The average molecular weight is 313 g/mol. The average Bonchev–Trinajstić information content (AvgIpc) is 2.19. The molecule has 5 atom stereocenters. The molecule has 0 radical (unpaired) electrons. The van der Waals surface area contributed by atoms with E-state index in [1.54, 1.807) is 6.92 Å². The van der Waals surface area contributed by atoms with E-state index < -0.39 is 41.4 Å². The highest BCUT2D eigenvalue weighted by molar-refractivity contribution is 9.09. The standard InChI is InChI=1S/C10H14BrFO5/c1-4-8(16-5(2)13)9(17-6(3)14)7(12)10(11)15-4/h4,7-10H,1-3H3/t4-,7+,8+,9-,10+/m1/s1. The lowest BCUT2D eigenvalue weighted by Gasteiger charge is -2.39. The monoisotopic (exact) mass is 312 g/mol. The third-order valence-electron chi connectivity index (χ3n) is 2.30. The van der Waals surface area contributed by atoms with E-state index in [0.717, 1.165) is 0 Å². The first kappa shape index (κ1) is 14.4. The number of halogens is 2. The Hall–Kier alpha value is -0.690. The number of hydrogen-bond donors (Lipinski definition) is 0. The van der Waals surface area contributed by atoms with E-state index in [-0.39, 0.29) is 0 Å². The summed E-state index contributed by atoms with van der Waals surface area (Å²) >= 11 is 2.99. The SMILES string of the molecule is CC(=O)O[C@@H]1[C@H](F)[C@@H](Br)O[C@H](C)[C@@H]1OC(C)=O. The normalized spacial score (nSPS) is 37.4. The molecule has 0 N–H and O–H groups in total. The van der Waals surface area contributed by atoms with Gasteiger partial charge in [-0.2, -0.15) is 0 Å². The number of carbonyl (C=O) groups excluding carboxylic acids is 2. The van der Waals surface area contributed by atoms with Crippen LogP contribution in [0.2, 0.25) is 0 Å². The van der Waals surface area contributed by atoms with Crippen molar-refractivity contribution in [3.05, 3.63) is 0 Å². The van der Waals surface area contributed by atoms with Crippen LogP contribution in [0.4, 0.5) is 4.39 Å². The number of hydrogen-bond acceptors (Lipinski definition) is 5. The second kappa shape index (κ2) is 5.77. The second-order valence-corrected chi connectivity index (χ2v) is 4.69. The number of ether oxygens (including phenoxy) is 3. The molecule has 5 nitrogen and oxygen atoms in total. The highest BCUT2D eigenvalue weighted by Gasteiger charge is 2.47. The first-order chi connectivity index (χ1) is 7.82. The van der Waals surface area contributed by atoms with Crippen LogP contribution in [0.15, 0.2) is 0 Å². The number of carbonyl (C=O) groups is 2. The number of esters is 2. The molecule has 0 aromatic carbocycles. The Morgan fingerprint density at radius 2 is 1.65 bits per heavy atom. The summed E-state index contributed by atoms with van der Waals surface area (Å²) in [6.45, 7) is 3.98. The van der Waals surface area contributed by atoms with Gasteiger partial charge in [0.2, 0.25) is 0 Å². The molecular formula is C10H14BrFO5. The van der Waals surface area contributed by atoms with Crippen molar-refractivity contribution < 1.29 is 28.2 Å². The molecule has 1 saturated heterocycles. The quantitative estimate of drug-likeness (QED) is 0.568. The van der Waals surface area contributed by atoms with Gasteiger partial charge in [0.05, 0.1) is 6.10 Å². The predicted octanol–water partition coefficient (Wildman–Crippen LogP) is 1.33. The van der Waals surface area contributed by atoms with Crippen molar-refractivity contribution in [2.45, 2.75) is 50.3 Å². The van der Waals surface area contributed by atoms with Crippen LogP contribution in [-0.4, -0.2) is 41.4 Å². The number of rotatable bonds is 2. The molecule has 0 aliphatic carbocycles. The topological polar surface area (TPSA) is 61.8 Å². The molecule has 0 unspecified atom stereocenters. The lowest BCUT2D eigenvalue weighted by atomic mass is 10.0. The van der Waals surface area contributed by atoms with Crippen LogP contribution < -0.4 is 0 Å². The Bertz CT molecular complexity index is 311. The molecule has 1 aliphatic heterocycles. The van der Waals surface area contributed by atoms with Crippen molar-refractivity contribution in [2.75, 3.05) is 0 Å². The maximum Gasteiger partial charge on any atom is 0.303 e. The Balaban J connectivity index is 2.86. The van der Waals surface area contributed by atoms with Crippen molar-refractivity contribution >= 4 is 27.9 Å². The first-order valence-corrected chi connectivity index (χ1v) is 6.02. The smallest absolute Gasteiger partial charge is 0.303 e. The van der Waals surface area contributed by atoms with Gasteiger partial charge < -0.3 is 14.2 Å². The van der Waals surface area contributed by atoms with Gasteiger partial charge in [-0.1, -0.05) is 15.9 Å². The van der Waals surface area contributed by atoms with E-state index in [2.05, 4.69) is 15.9 Å². The molecule has 0 aromatic rings. The van der Waals surface area contributed by atoms with Crippen LogP contribution in [0.3, 0.4) is 0 Å². The minimum absolute atomic E-state index is 0.570. The van der Waals surface area contributed by atoms with E-state index in [1.807, 2.05) is 0 Å². The fraction of sp³-hybridized carbons (Fsp3) is 0.800. The molecule has 0 spiro atoms. The molecule has 17 heavy (non-hydrogen) atoms. The minimum Gasteiger partial charge on any atom is -0.456 e. The minimum atomic E-state index is -1.60. The Morgan fingerprint density at radius 1 is 1.18 bits per heavy atom. The highest BCUT2D eigenvalue weighted by atomic mass is 79.9. The highest BCUT2D eigenvalue weighted by Crippen LogP contribution is 2.30. The molecule has 1 fully saturated rings. The Labute approximate surface area is 107 Å². The van der Waals surface area contributed by atoms with Gasteiger partial charge in [0, 0.05) is 13.8 Å². The maximum absolute atomic E-state index is 13.8. The van der Waals surface area contributed by atoms with Gasteiger partial charge >= 0.3 is 11.9 Å². The van der Waals surface area contributed by atoms with Gasteiger partial charge in [-0.25, -0.2) is 4.39 Å². The van der Waals surface area contributed by atoms with E-state index in [0.29, 0.717) is 0 Å². The fourth-order valence-electron chi connectivity index (χ4n) is 1.63. The third-order valence-corrected chi connectivity index (χ3v) is 3.02. The van der Waals surface area contributed by atoms with Gasteiger partial charge in [0.1, 0.15) is 5.01 Å². The van der Waals surface area contributed by atoms with Gasteiger partial charge in [0.15, 0.2) is 18.4 Å². The zero-order valence-electron chi connectivity index (χ0n) is 9.68. The molecule has 0 aromatic heterocycles. The summed E-state index contributed by atoms with van der Waals surface area (Å²) in [6, 6.07) is 0. The van der Waals surface area contributed by atoms with E-state index in [1.165, 1.54) is 13.8 Å². The molecule has 98 valence electrons. The Kier molecular flexibility index (Phi) is 4.88. The van der Waals surface area contributed by atoms with Crippen LogP contribution in [0, 0.1) is 0 Å². The lowest BCUT2D eigenvalue weighted by molar-refractivity contribution is -0.209. The van der Waals surface area contributed by atoms with Crippen molar-refractivity contribution in [1.82, 2.24) is 0 Å². The predicted molar refractivity (Wildman–Crippen MR) is 59.3 cm³/mol. The van der Waals surface area contributed by atoms with Crippen molar-refractivity contribution in [3.63, 3.8) is 0 Å². The van der Waals surface area contributed by atoms with Crippen molar-refractivity contribution in [2.24, 2.45) is 0 Å². The van der Waals surface area contributed by atoms with E-state index in [9.17, 15) is 14.0 Å². The molecule has 1 heterocycles. The summed E-state index contributed by atoms with van der Waals surface area (Å²) in [5.41, 5.74) is 0. The zero-order valence-corrected chi connectivity index (χ0v) is 11.3. The largest absolute Gasteiger partial charge is 0.456 e. The van der Waals surface area contributed by atoms with Crippen LogP contribution in [0.5, 0.6) is 0 Å². The molecule has 1 rings (SSSR count). The lowest BCUT2D eigenvalue weighted by Crippen LogP contribution is -2.56. The first-order valence-electron chi connectivity index (χ1n) is 5.11. The summed E-state index contributed by atoms with van der Waals surface area (Å²) in [5, 5.41) is -0.895. The molecule has 1 aliphatic rings. The number of alkyl halides is 2. The molecule has 0 amide bonds. The second-order valence-electron chi connectivity index (χ2n) is 3.78. The summed E-state index contributed by atoms with van der Waals surface area (Å²) < 4.78 is 28.8. The summed E-state index contributed by atoms with van der Waals surface area (Å²) in [6.07, 6.45) is -4.27. The molecule has 7 heteroatoms. The van der Waals surface area contributed by atoms with Crippen LogP contribution in [0.25, 0.3) is 0 Å². The van der Waals surface area contributed by atoms with Gasteiger partial charge in [-0.3, -0.25) is 9.59 Å². The van der Waals surface area contributed by atoms with Gasteiger partial charge in [0.25, 0.3) is 0 Å². The molecule has 0 saturated carbocycles.